The molecule has 0 unspecified atom stereocenters. The van der Waals surface area contributed by atoms with Gasteiger partial charge in [-0.3, -0.25) is 9.36 Å². The number of aromatic nitrogens is 3. The van der Waals surface area contributed by atoms with Crippen LogP contribution in [0.25, 0.3) is 0 Å². The highest BCUT2D eigenvalue weighted by Crippen LogP contribution is 2.13. The van der Waals surface area contributed by atoms with E-state index in [0.717, 1.165) is 0 Å². The van der Waals surface area contributed by atoms with Crippen LogP contribution in [0.3, 0.4) is 0 Å². The molecule has 1 rings (SSSR count). The third kappa shape index (κ3) is 3.36. The lowest BCUT2D eigenvalue weighted by molar-refractivity contribution is -0.150. The summed E-state index contributed by atoms with van der Waals surface area (Å²) in [4.78, 5) is 26.4. The third-order valence-corrected chi connectivity index (χ3v) is 2.73. The van der Waals surface area contributed by atoms with E-state index in [9.17, 15) is 9.59 Å². The number of carbonyl (C=O) groups is 1. The van der Waals surface area contributed by atoms with Crippen molar-refractivity contribution in [2.75, 3.05) is 5.75 Å². The first-order valence-corrected chi connectivity index (χ1v) is 5.60. The van der Waals surface area contributed by atoms with Gasteiger partial charge in [0.1, 0.15) is 0 Å². The van der Waals surface area contributed by atoms with E-state index in [1.54, 1.807) is 0 Å². The van der Waals surface area contributed by atoms with E-state index in [0.29, 0.717) is 17.5 Å². The Kier molecular flexibility index (Phi) is 5.02. The minimum Gasteiger partial charge on any atom is -0.356 e. The second kappa shape index (κ2) is 6.30. The summed E-state index contributed by atoms with van der Waals surface area (Å²) in [7, 11) is 0. The van der Waals surface area contributed by atoms with Crippen LogP contribution in [0.4, 0.5) is 0 Å². The van der Waals surface area contributed by atoms with E-state index >= 15 is 0 Å². The standard InChI is InChI=1S/C7H13N5O3S/c1-2-12-6(14)9-10-7(12)16-4-3-5(13)15-11-8/h11H,2-4,8H2,1H3,(H,9,14). The second-order valence-corrected chi connectivity index (χ2v) is 3.81. The molecule has 1 aromatic rings. The van der Waals surface area contributed by atoms with Gasteiger partial charge in [-0.2, -0.15) is 0 Å². The average Bonchev–Trinajstić information content (AvgIpc) is 2.60. The molecule has 8 nitrogen and oxygen atoms in total. The van der Waals surface area contributed by atoms with Crippen LogP contribution in [-0.4, -0.2) is 26.5 Å². The maximum absolute atomic E-state index is 11.2. The van der Waals surface area contributed by atoms with E-state index in [1.807, 2.05) is 12.5 Å². The molecule has 0 aliphatic carbocycles. The van der Waals surface area contributed by atoms with Gasteiger partial charge in [0.05, 0.1) is 6.42 Å². The molecule has 0 bridgehead atoms. The summed E-state index contributed by atoms with van der Waals surface area (Å²) < 4.78 is 1.48. The minimum absolute atomic E-state index is 0.180. The molecule has 1 aromatic heterocycles. The zero-order valence-corrected chi connectivity index (χ0v) is 9.54. The van der Waals surface area contributed by atoms with Gasteiger partial charge in [0.25, 0.3) is 0 Å². The van der Waals surface area contributed by atoms with Gasteiger partial charge in [-0.05, 0) is 6.92 Å². The predicted octanol–water partition coefficient (Wildman–Crippen LogP) is -1.00. The molecular formula is C7H13N5O3S. The smallest absolute Gasteiger partial charge is 0.343 e. The molecule has 1 heterocycles. The fraction of sp³-hybridized carbons (Fsp3) is 0.571. The minimum atomic E-state index is -0.462. The van der Waals surface area contributed by atoms with Crippen molar-refractivity contribution in [3.8, 4) is 0 Å². The Morgan fingerprint density at radius 2 is 2.50 bits per heavy atom. The molecule has 0 aliphatic heterocycles. The molecule has 90 valence electrons. The number of thioether (sulfide) groups is 1. The van der Waals surface area contributed by atoms with Crippen LogP contribution in [0.1, 0.15) is 13.3 Å². The summed E-state index contributed by atoms with van der Waals surface area (Å²) in [5.74, 6) is 4.80. The summed E-state index contributed by atoms with van der Waals surface area (Å²) in [6.45, 7) is 2.38. The Balaban J connectivity index is 2.43. The van der Waals surface area contributed by atoms with Crippen molar-refractivity contribution >= 4 is 17.7 Å². The van der Waals surface area contributed by atoms with E-state index < -0.39 is 5.97 Å². The van der Waals surface area contributed by atoms with E-state index in [4.69, 9.17) is 5.84 Å². The quantitative estimate of drug-likeness (QED) is 0.335. The van der Waals surface area contributed by atoms with Gasteiger partial charge in [-0.25, -0.2) is 15.7 Å². The zero-order chi connectivity index (χ0) is 12.0. The lowest BCUT2D eigenvalue weighted by Crippen LogP contribution is -2.26. The molecule has 0 aromatic carbocycles. The topological polar surface area (TPSA) is 115 Å². The lowest BCUT2D eigenvalue weighted by atomic mass is 10.5. The maximum atomic E-state index is 11.2. The number of nitrogens with one attached hydrogen (secondary N) is 2. The molecule has 0 atom stereocenters. The summed E-state index contributed by atoms with van der Waals surface area (Å²) in [6, 6.07) is 0. The normalized spacial score (nSPS) is 10.4. The van der Waals surface area contributed by atoms with Crippen molar-refractivity contribution in [3.63, 3.8) is 0 Å². The van der Waals surface area contributed by atoms with E-state index in [2.05, 4.69) is 15.0 Å². The number of carbonyl (C=O) groups excluding carboxylic acids is 1. The largest absolute Gasteiger partial charge is 0.356 e. The molecule has 0 amide bonds. The maximum Gasteiger partial charge on any atom is 0.343 e. The molecular weight excluding hydrogens is 234 g/mol. The summed E-state index contributed by atoms with van der Waals surface area (Å²) in [6.07, 6.45) is 0.180. The summed E-state index contributed by atoms with van der Waals surface area (Å²) >= 11 is 1.30. The van der Waals surface area contributed by atoms with Crippen molar-refractivity contribution in [1.29, 1.82) is 0 Å². The van der Waals surface area contributed by atoms with Gasteiger partial charge in [-0.15, -0.1) is 5.10 Å². The Morgan fingerprint density at radius 1 is 1.75 bits per heavy atom. The van der Waals surface area contributed by atoms with Crippen LogP contribution in [0.15, 0.2) is 9.95 Å². The fourth-order valence-electron chi connectivity index (χ4n) is 1.03. The monoisotopic (exact) mass is 247 g/mol. The fourth-order valence-corrected chi connectivity index (χ4v) is 1.96. The van der Waals surface area contributed by atoms with Crippen LogP contribution in [0.5, 0.6) is 0 Å². The first-order chi connectivity index (χ1) is 7.69. The van der Waals surface area contributed by atoms with Gasteiger partial charge < -0.3 is 4.84 Å². The van der Waals surface area contributed by atoms with Gasteiger partial charge in [-0.1, -0.05) is 17.4 Å². The molecule has 9 heteroatoms. The van der Waals surface area contributed by atoms with Gasteiger partial charge >= 0.3 is 11.7 Å². The summed E-state index contributed by atoms with van der Waals surface area (Å²) in [5.41, 5.74) is 1.55. The van der Waals surface area contributed by atoms with Crippen LogP contribution in [0.2, 0.25) is 0 Å². The highest BCUT2D eigenvalue weighted by molar-refractivity contribution is 7.99. The zero-order valence-electron chi connectivity index (χ0n) is 8.73. The first-order valence-electron chi connectivity index (χ1n) is 4.62. The highest BCUT2D eigenvalue weighted by Gasteiger charge is 2.08. The molecule has 0 saturated heterocycles. The number of H-pyrrole nitrogens is 1. The van der Waals surface area contributed by atoms with Gasteiger partial charge in [0.2, 0.25) is 0 Å². The third-order valence-electron chi connectivity index (χ3n) is 1.75. The number of aromatic amines is 1. The number of nitrogens with two attached hydrogens (primary N) is 1. The van der Waals surface area contributed by atoms with Crippen LogP contribution in [-0.2, 0) is 16.2 Å². The van der Waals surface area contributed by atoms with Crippen molar-refractivity contribution in [3.05, 3.63) is 10.5 Å². The van der Waals surface area contributed by atoms with Gasteiger partial charge in [0.15, 0.2) is 5.16 Å². The van der Waals surface area contributed by atoms with Crippen molar-refractivity contribution in [2.45, 2.75) is 25.0 Å². The van der Waals surface area contributed by atoms with Crippen molar-refractivity contribution in [2.24, 2.45) is 5.84 Å². The Hall–Kier alpha value is -1.32. The Bertz CT molecular complexity index is 401. The Labute approximate surface area is 95.5 Å². The van der Waals surface area contributed by atoms with Gasteiger partial charge in [0, 0.05) is 12.3 Å². The molecule has 0 fully saturated rings. The highest BCUT2D eigenvalue weighted by atomic mass is 32.2. The number of nitrogens with zero attached hydrogens (tertiary/aromatic N) is 2. The molecule has 0 spiro atoms. The van der Waals surface area contributed by atoms with Crippen molar-refractivity contribution < 1.29 is 9.63 Å². The summed E-state index contributed by atoms with van der Waals surface area (Å²) in [5, 5.41) is 6.72. The van der Waals surface area contributed by atoms with Crippen LogP contribution in [0, 0.1) is 0 Å². The van der Waals surface area contributed by atoms with E-state index in [1.165, 1.54) is 16.3 Å². The number of hydrazine groups is 1. The lowest BCUT2D eigenvalue weighted by Gasteiger charge is -2.02. The Morgan fingerprint density at radius 3 is 3.12 bits per heavy atom. The van der Waals surface area contributed by atoms with Crippen molar-refractivity contribution in [1.82, 2.24) is 20.4 Å². The number of rotatable bonds is 6. The molecule has 0 aliphatic rings. The van der Waals surface area contributed by atoms with E-state index in [-0.39, 0.29) is 12.1 Å². The molecule has 0 radical (unpaired) electrons. The number of hydrogen-bond donors (Lipinski definition) is 3. The van der Waals surface area contributed by atoms with Crippen LogP contribution < -0.4 is 17.1 Å². The molecule has 4 N–H and O–H groups in total. The predicted molar refractivity (Wildman–Crippen MR) is 57.3 cm³/mol. The van der Waals surface area contributed by atoms with Crippen LogP contribution >= 0.6 is 11.8 Å². The average molecular weight is 247 g/mol. The molecule has 16 heavy (non-hydrogen) atoms. The molecule has 0 saturated carbocycles. The second-order valence-electron chi connectivity index (χ2n) is 2.75. The SMILES string of the molecule is CCn1c(SCCC(=O)ONN)n[nH]c1=O. The number of hydrogen-bond acceptors (Lipinski definition) is 7. The first kappa shape index (κ1) is 12.7.